The lowest BCUT2D eigenvalue weighted by molar-refractivity contribution is -0.132. The van der Waals surface area contributed by atoms with Crippen LogP contribution in [-0.4, -0.2) is 42.2 Å². The fourth-order valence-electron chi connectivity index (χ4n) is 2.30. The van der Waals surface area contributed by atoms with Crippen LogP contribution in [0, 0.1) is 11.3 Å². The fourth-order valence-corrected chi connectivity index (χ4v) is 2.30. The van der Waals surface area contributed by atoms with Crippen molar-refractivity contribution in [3.8, 4) is 11.8 Å². The topological polar surface area (TPSA) is 73.6 Å². The molecule has 0 atom stereocenters. The van der Waals surface area contributed by atoms with Gasteiger partial charge in [0.2, 0.25) is 0 Å². The fraction of sp³-hybridized carbons (Fsp3) is 0.375. The number of likely N-dealkylation sites (tertiary alicyclic amines) is 1. The normalized spacial score (nSPS) is 15.7. The van der Waals surface area contributed by atoms with E-state index in [0.29, 0.717) is 17.9 Å². The van der Waals surface area contributed by atoms with Gasteiger partial charge in [-0.05, 0) is 49.7 Å². The van der Waals surface area contributed by atoms with Gasteiger partial charge >= 0.3 is 5.97 Å². The van der Waals surface area contributed by atoms with E-state index in [2.05, 4.69) is 4.90 Å². The molecule has 0 radical (unpaired) electrons. The zero-order valence-electron chi connectivity index (χ0n) is 11.8. The quantitative estimate of drug-likeness (QED) is 0.640. The Bertz CT molecular complexity index is 569. The molecule has 0 unspecified atom stereocenters. The van der Waals surface area contributed by atoms with Crippen LogP contribution in [0.2, 0.25) is 0 Å². The van der Waals surface area contributed by atoms with Crippen molar-refractivity contribution in [2.45, 2.75) is 12.8 Å². The lowest BCUT2D eigenvalue weighted by Gasteiger charge is -2.15. The third-order valence-corrected chi connectivity index (χ3v) is 3.39. The van der Waals surface area contributed by atoms with Crippen molar-refractivity contribution in [2.24, 2.45) is 0 Å². The minimum absolute atomic E-state index is 0.288. The molecule has 0 bridgehead atoms. The Hall–Kier alpha value is -2.32. The molecule has 0 spiro atoms. The molecule has 0 aromatic heterocycles. The summed E-state index contributed by atoms with van der Waals surface area (Å²) in [6.07, 6.45) is 3.86. The summed E-state index contributed by atoms with van der Waals surface area (Å²) in [6.45, 7) is 3.78. The highest BCUT2D eigenvalue weighted by molar-refractivity contribution is 5.96. The maximum absolute atomic E-state index is 10.8. The molecule has 1 fully saturated rings. The number of aliphatic carboxylic acids is 1. The van der Waals surface area contributed by atoms with E-state index in [1.165, 1.54) is 18.9 Å². The van der Waals surface area contributed by atoms with E-state index < -0.39 is 5.97 Å². The number of hydrogen-bond donors (Lipinski definition) is 1. The molecule has 1 aromatic rings. The van der Waals surface area contributed by atoms with E-state index in [1.54, 1.807) is 24.3 Å². The molecule has 0 amide bonds. The molecule has 1 heterocycles. The van der Waals surface area contributed by atoms with E-state index in [9.17, 15) is 4.79 Å². The smallest absolute Gasteiger partial charge is 0.346 e. The molecule has 5 heteroatoms. The Balaban J connectivity index is 1.94. The van der Waals surface area contributed by atoms with Crippen molar-refractivity contribution in [1.82, 2.24) is 4.90 Å². The Morgan fingerprint density at radius 3 is 2.86 bits per heavy atom. The summed E-state index contributed by atoms with van der Waals surface area (Å²) in [5.41, 5.74) is 0.358. The van der Waals surface area contributed by atoms with Crippen LogP contribution in [-0.2, 0) is 4.79 Å². The number of carboxylic acid groups (broad SMARTS) is 1. The predicted octanol–water partition coefficient (Wildman–Crippen LogP) is 2.15. The Kier molecular flexibility index (Phi) is 5.35. The number of hydrogen-bond acceptors (Lipinski definition) is 4. The zero-order chi connectivity index (χ0) is 15.1. The van der Waals surface area contributed by atoms with Gasteiger partial charge in [-0.1, -0.05) is 12.1 Å². The standard InChI is InChI=1S/C16H18N2O3/c17-12-14(16(19)20)10-13-4-3-5-15(11-13)21-9-8-18-6-1-2-7-18/h3-5,10-11H,1-2,6-9H2,(H,19,20). The minimum Gasteiger partial charge on any atom is -0.492 e. The van der Waals surface area contributed by atoms with Gasteiger partial charge in [0.25, 0.3) is 0 Å². The van der Waals surface area contributed by atoms with Gasteiger partial charge in [0.05, 0.1) is 0 Å². The molecule has 110 valence electrons. The number of nitriles is 1. The maximum Gasteiger partial charge on any atom is 0.346 e. The molecule has 1 aromatic carbocycles. The first-order valence-electron chi connectivity index (χ1n) is 6.99. The summed E-state index contributed by atoms with van der Waals surface area (Å²) in [6, 6.07) is 8.76. The van der Waals surface area contributed by atoms with Crippen molar-refractivity contribution in [2.75, 3.05) is 26.2 Å². The number of rotatable bonds is 6. The molecule has 0 saturated carbocycles. The van der Waals surface area contributed by atoms with E-state index >= 15 is 0 Å². The van der Waals surface area contributed by atoms with Gasteiger partial charge in [-0.25, -0.2) is 4.79 Å². The highest BCUT2D eigenvalue weighted by Crippen LogP contribution is 2.16. The monoisotopic (exact) mass is 286 g/mol. The molecule has 1 aliphatic heterocycles. The van der Waals surface area contributed by atoms with Gasteiger partial charge in [0, 0.05) is 6.54 Å². The van der Waals surface area contributed by atoms with Crippen molar-refractivity contribution < 1.29 is 14.6 Å². The summed E-state index contributed by atoms with van der Waals surface area (Å²) in [5.74, 6) is -0.538. The van der Waals surface area contributed by atoms with E-state index in [0.717, 1.165) is 19.6 Å². The molecule has 1 saturated heterocycles. The number of ether oxygens (including phenoxy) is 1. The van der Waals surface area contributed by atoms with Crippen LogP contribution >= 0.6 is 0 Å². The largest absolute Gasteiger partial charge is 0.492 e. The van der Waals surface area contributed by atoms with Crippen LogP contribution in [0.25, 0.3) is 6.08 Å². The molecule has 1 aliphatic rings. The van der Waals surface area contributed by atoms with Crippen LogP contribution < -0.4 is 4.74 Å². The van der Waals surface area contributed by atoms with Crippen LogP contribution in [0.4, 0.5) is 0 Å². The highest BCUT2D eigenvalue weighted by Gasteiger charge is 2.11. The number of benzene rings is 1. The van der Waals surface area contributed by atoms with Gasteiger partial charge in [-0.3, -0.25) is 4.90 Å². The third kappa shape index (κ3) is 4.62. The summed E-state index contributed by atoms with van der Waals surface area (Å²) in [7, 11) is 0. The number of carboxylic acids is 1. The Morgan fingerprint density at radius 2 is 2.19 bits per heavy atom. The average molecular weight is 286 g/mol. The van der Waals surface area contributed by atoms with Crippen LogP contribution in [0.15, 0.2) is 29.8 Å². The lowest BCUT2D eigenvalue weighted by Crippen LogP contribution is -2.25. The maximum atomic E-state index is 10.8. The SMILES string of the molecule is N#CC(=Cc1cccc(OCCN2CCCC2)c1)C(=O)O. The molecule has 0 aliphatic carbocycles. The average Bonchev–Trinajstić information content (AvgIpc) is 2.98. The van der Waals surface area contributed by atoms with Crippen molar-refractivity contribution in [3.63, 3.8) is 0 Å². The summed E-state index contributed by atoms with van der Waals surface area (Å²) in [5, 5.41) is 17.6. The summed E-state index contributed by atoms with van der Waals surface area (Å²) < 4.78 is 5.68. The molecule has 21 heavy (non-hydrogen) atoms. The summed E-state index contributed by atoms with van der Waals surface area (Å²) >= 11 is 0. The van der Waals surface area contributed by atoms with Gasteiger partial charge in [-0.2, -0.15) is 5.26 Å². The number of carbonyl (C=O) groups is 1. The second kappa shape index (κ2) is 7.46. The van der Waals surface area contributed by atoms with E-state index in [1.807, 2.05) is 6.07 Å². The minimum atomic E-state index is -1.22. The van der Waals surface area contributed by atoms with Gasteiger partial charge in [0.1, 0.15) is 24.0 Å². The molecule has 2 rings (SSSR count). The highest BCUT2D eigenvalue weighted by atomic mass is 16.5. The third-order valence-electron chi connectivity index (χ3n) is 3.39. The Morgan fingerprint density at radius 1 is 1.43 bits per heavy atom. The summed E-state index contributed by atoms with van der Waals surface area (Å²) in [4.78, 5) is 13.2. The molecular formula is C16H18N2O3. The van der Waals surface area contributed by atoms with Crippen molar-refractivity contribution >= 4 is 12.0 Å². The van der Waals surface area contributed by atoms with Gasteiger partial charge < -0.3 is 9.84 Å². The lowest BCUT2D eigenvalue weighted by atomic mass is 10.1. The van der Waals surface area contributed by atoms with E-state index in [4.69, 9.17) is 15.1 Å². The predicted molar refractivity (Wildman–Crippen MR) is 78.8 cm³/mol. The van der Waals surface area contributed by atoms with Crippen LogP contribution in [0.3, 0.4) is 0 Å². The molecule has 1 N–H and O–H groups in total. The first kappa shape index (κ1) is 15.1. The van der Waals surface area contributed by atoms with Crippen molar-refractivity contribution in [3.05, 3.63) is 35.4 Å². The number of nitrogens with zero attached hydrogens (tertiary/aromatic N) is 2. The Labute approximate surface area is 124 Å². The first-order chi connectivity index (χ1) is 10.2. The molecular weight excluding hydrogens is 268 g/mol. The molecule has 5 nitrogen and oxygen atoms in total. The van der Waals surface area contributed by atoms with Crippen LogP contribution in [0.5, 0.6) is 5.75 Å². The van der Waals surface area contributed by atoms with Crippen LogP contribution in [0.1, 0.15) is 18.4 Å². The second-order valence-electron chi connectivity index (χ2n) is 4.94. The zero-order valence-corrected chi connectivity index (χ0v) is 11.8. The van der Waals surface area contributed by atoms with Gasteiger partial charge in [-0.15, -0.1) is 0 Å². The van der Waals surface area contributed by atoms with Gasteiger partial charge in [0.15, 0.2) is 0 Å². The van der Waals surface area contributed by atoms with Crippen molar-refractivity contribution in [1.29, 1.82) is 5.26 Å². The van der Waals surface area contributed by atoms with E-state index in [-0.39, 0.29) is 5.57 Å². The first-order valence-corrected chi connectivity index (χ1v) is 6.99. The second-order valence-corrected chi connectivity index (χ2v) is 4.94.